The molecule has 1 heterocycles. The summed E-state index contributed by atoms with van der Waals surface area (Å²) in [6.45, 7) is 3.66. The van der Waals surface area contributed by atoms with E-state index in [-0.39, 0.29) is 5.91 Å². The quantitative estimate of drug-likeness (QED) is 0.806. The molecule has 0 atom stereocenters. The van der Waals surface area contributed by atoms with Gasteiger partial charge in [-0.15, -0.1) is 0 Å². The van der Waals surface area contributed by atoms with E-state index < -0.39 is 5.79 Å². The molecule has 0 spiro atoms. The molecule has 114 valence electrons. The van der Waals surface area contributed by atoms with E-state index in [0.717, 1.165) is 0 Å². The maximum absolute atomic E-state index is 12.3. The van der Waals surface area contributed by atoms with Crippen molar-refractivity contribution in [2.45, 2.75) is 19.6 Å². The summed E-state index contributed by atoms with van der Waals surface area (Å²) in [5.74, 6) is 0.313. The Morgan fingerprint density at radius 2 is 1.86 bits per heavy atom. The van der Waals surface area contributed by atoms with Crippen LogP contribution in [-0.4, -0.2) is 11.7 Å². The molecule has 1 aliphatic heterocycles. The molecule has 0 aromatic heterocycles. The fourth-order valence-electron chi connectivity index (χ4n) is 2.17. The number of amides is 1. The van der Waals surface area contributed by atoms with Gasteiger partial charge < -0.3 is 14.8 Å². The third-order valence-corrected chi connectivity index (χ3v) is 4.01. The molecule has 0 saturated carbocycles. The molecule has 4 nitrogen and oxygen atoms in total. The fraction of sp³-hybridized carbons (Fsp3) is 0.188. The first-order chi connectivity index (χ1) is 10.3. The molecule has 1 amide bonds. The van der Waals surface area contributed by atoms with Gasteiger partial charge in [0.05, 0.1) is 5.56 Å². The summed E-state index contributed by atoms with van der Waals surface area (Å²) in [7, 11) is 0. The molecule has 0 fully saturated rings. The first-order valence-corrected chi connectivity index (χ1v) is 7.80. The highest BCUT2D eigenvalue weighted by atomic mass is 79.9. The molecule has 2 aromatic carbocycles. The smallest absolute Gasteiger partial charge is 0.256 e. The first kappa shape index (κ1) is 15.2. The van der Waals surface area contributed by atoms with Crippen molar-refractivity contribution >= 4 is 39.1 Å². The highest BCUT2D eigenvalue weighted by Gasteiger charge is 2.31. The van der Waals surface area contributed by atoms with Gasteiger partial charge in [-0.05, 0) is 46.3 Å². The third kappa shape index (κ3) is 3.05. The van der Waals surface area contributed by atoms with Crippen LogP contribution in [0.5, 0.6) is 11.5 Å². The Bertz CT molecular complexity index is 761. The van der Waals surface area contributed by atoms with Crippen molar-refractivity contribution in [3.63, 3.8) is 0 Å². The summed E-state index contributed by atoms with van der Waals surface area (Å²) in [5, 5.41) is 3.32. The molecule has 0 aliphatic carbocycles. The van der Waals surface area contributed by atoms with E-state index in [1.54, 1.807) is 36.4 Å². The van der Waals surface area contributed by atoms with Crippen LogP contribution in [0.3, 0.4) is 0 Å². The molecule has 3 rings (SSSR count). The van der Waals surface area contributed by atoms with E-state index >= 15 is 0 Å². The standard InChI is InChI=1S/C16H13BrClNO3/c1-16(2)21-13-6-4-10(8-14(13)22-16)19-15(20)11-7-9(18)3-5-12(11)17/h3-8H,1-2H3,(H,19,20). The highest BCUT2D eigenvalue weighted by Crippen LogP contribution is 2.40. The van der Waals surface area contributed by atoms with Crippen LogP contribution in [-0.2, 0) is 0 Å². The van der Waals surface area contributed by atoms with Crippen LogP contribution in [0.25, 0.3) is 0 Å². The van der Waals surface area contributed by atoms with Gasteiger partial charge in [-0.25, -0.2) is 0 Å². The molecule has 0 saturated heterocycles. The molecule has 6 heteroatoms. The van der Waals surface area contributed by atoms with Gasteiger partial charge >= 0.3 is 0 Å². The first-order valence-electron chi connectivity index (χ1n) is 6.62. The van der Waals surface area contributed by atoms with Gasteiger partial charge in [0.2, 0.25) is 5.79 Å². The summed E-state index contributed by atoms with van der Waals surface area (Å²) >= 11 is 9.28. The topological polar surface area (TPSA) is 47.6 Å². The van der Waals surface area contributed by atoms with Gasteiger partial charge in [-0.1, -0.05) is 11.6 Å². The van der Waals surface area contributed by atoms with Gasteiger partial charge in [-0.3, -0.25) is 4.79 Å². The molecule has 2 aromatic rings. The van der Waals surface area contributed by atoms with Gasteiger partial charge in [0, 0.05) is 35.1 Å². The van der Waals surface area contributed by atoms with Gasteiger partial charge in [-0.2, -0.15) is 0 Å². The van der Waals surface area contributed by atoms with Crippen LogP contribution in [0.2, 0.25) is 5.02 Å². The van der Waals surface area contributed by atoms with Gasteiger partial charge in [0.15, 0.2) is 11.5 Å². The number of carbonyl (C=O) groups excluding carboxylic acids is 1. The Morgan fingerprint density at radius 3 is 2.64 bits per heavy atom. The Labute approximate surface area is 141 Å². The summed E-state index contributed by atoms with van der Waals surface area (Å²) in [5.41, 5.74) is 1.09. The van der Waals surface area contributed by atoms with E-state index in [1.807, 2.05) is 13.8 Å². The number of halogens is 2. The van der Waals surface area contributed by atoms with Crippen molar-refractivity contribution < 1.29 is 14.3 Å². The SMILES string of the molecule is CC1(C)Oc2ccc(NC(=O)c3cc(Cl)ccc3Br)cc2O1. The van der Waals surface area contributed by atoms with Crippen molar-refractivity contribution in [1.82, 2.24) is 0 Å². The Morgan fingerprint density at radius 1 is 1.14 bits per heavy atom. The van der Waals surface area contributed by atoms with E-state index in [2.05, 4.69) is 21.2 Å². The van der Waals surface area contributed by atoms with Crippen molar-refractivity contribution in [3.05, 3.63) is 51.5 Å². The van der Waals surface area contributed by atoms with E-state index in [4.69, 9.17) is 21.1 Å². The number of nitrogens with one attached hydrogen (secondary N) is 1. The maximum atomic E-state index is 12.3. The second kappa shape index (κ2) is 5.48. The number of benzene rings is 2. The average molecular weight is 383 g/mol. The minimum atomic E-state index is -0.694. The number of ether oxygens (including phenoxy) is 2. The Balaban J connectivity index is 1.83. The molecule has 22 heavy (non-hydrogen) atoms. The molecule has 0 bridgehead atoms. The monoisotopic (exact) mass is 381 g/mol. The largest absolute Gasteiger partial charge is 0.449 e. The number of rotatable bonds is 2. The van der Waals surface area contributed by atoms with Crippen molar-refractivity contribution in [2.75, 3.05) is 5.32 Å². The second-order valence-electron chi connectivity index (χ2n) is 5.34. The summed E-state index contributed by atoms with van der Waals surface area (Å²) in [6.07, 6.45) is 0. The average Bonchev–Trinajstić information content (AvgIpc) is 2.74. The highest BCUT2D eigenvalue weighted by molar-refractivity contribution is 9.10. The van der Waals surface area contributed by atoms with E-state index in [1.165, 1.54) is 0 Å². The molecule has 1 N–H and O–H groups in total. The van der Waals surface area contributed by atoms with Crippen LogP contribution in [0, 0.1) is 0 Å². The van der Waals surface area contributed by atoms with Crippen LogP contribution in [0.1, 0.15) is 24.2 Å². The van der Waals surface area contributed by atoms with Crippen LogP contribution < -0.4 is 14.8 Å². The number of fused-ring (bicyclic) bond motifs is 1. The van der Waals surface area contributed by atoms with Crippen LogP contribution in [0.4, 0.5) is 5.69 Å². The van der Waals surface area contributed by atoms with E-state index in [9.17, 15) is 4.79 Å². The molecular formula is C16H13BrClNO3. The zero-order valence-electron chi connectivity index (χ0n) is 11.9. The maximum Gasteiger partial charge on any atom is 0.256 e. The molecule has 1 aliphatic rings. The van der Waals surface area contributed by atoms with Crippen molar-refractivity contribution in [2.24, 2.45) is 0 Å². The minimum absolute atomic E-state index is 0.257. The number of hydrogen-bond donors (Lipinski definition) is 1. The lowest BCUT2D eigenvalue weighted by Crippen LogP contribution is -2.29. The summed E-state index contributed by atoms with van der Waals surface area (Å²) in [4.78, 5) is 12.3. The zero-order chi connectivity index (χ0) is 15.9. The predicted octanol–water partition coefficient (Wildman–Crippen LogP) is 4.86. The fourth-order valence-corrected chi connectivity index (χ4v) is 2.77. The second-order valence-corrected chi connectivity index (χ2v) is 6.63. The van der Waals surface area contributed by atoms with Crippen LogP contribution >= 0.6 is 27.5 Å². The van der Waals surface area contributed by atoms with Crippen molar-refractivity contribution in [3.8, 4) is 11.5 Å². The Kier molecular flexibility index (Phi) is 3.78. The Hall–Kier alpha value is -1.72. The lowest BCUT2D eigenvalue weighted by atomic mass is 10.2. The van der Waals surface area contributed by atoms with Gasteiger partial charge in [0.25, 0.3) is 5.91 Å². The summed E-state index contributed by atoms with van der Waals surface area (Å²) < 4.78 is 12.0. The van der Waals surface area contributed by atoms with Crippen LogP contribution in [0.15, 0.2) is 40.9 Å². The number of anilines is 1. The predicted molar refractivity (Wildman–Crippen MR) is 88.9 cm³/mol. The third-order valence-electron chi connectivity index (χ3n) is 3.09. The zero-order valence-corrected chi connectivity index (χ0v) is 14.3. The normalized spacial score (nSPS) is 14.7. The van der Waals surface area contributed by atoms with E-state index in [0.29, 0.717) is 32.2 Å². The molecule has 0 radical (unpaired) electrons. The van der Waals surface area contributed by atoms with Gasteiger partial charge in [0.1, 0.15) is 0 Å². The minimum Gasteiger partial charge on any atom is -0.449 e. The molecular weight excluding hydrogens is 370 g/mol. The number of carbonyl (C=O) groups is 1. The lowest BCUT2D eigenvalue weighted by Gasteiger charge is -2.16. The molecule has 0 unspecified atom stereocenters. The lowest BCUT2D eigenvalue weighted by molar-refractivity contribution is -0.0431. The number of hydrogen-bond acceptors (Lipinski definition) is 3. The van der Waals surface area contributed by atoms with Crippen molar-refractivity contribution in [1.29, 1.82) is 0 Å². The summed E-state index contributed by atoms with van der Waals surface area (Å²) in [6, 6.07) is 10.3.